The highest BCUT2D eigenvalue weighted by molar-refractivity contribution is 5.75. The van der Waals surface area contributed by atoms with Crippen molar-refractivity contribution in [2.45, 2.75) is 44.9 Å². The number of nitrogens with zero attached hydrogens (tertiary/aromatic N) is 1. The molecule has 0 spiro atoms. The van der Waals surface area contributed by atoms with Crippen molar-refractivity contribution < 1.29 is 4.79 Å². The third-order valence-corrected chi connectivity index (χ3v) is 3.11. The van der Waals surface area contributed by atoms with Gasteiger partial charge in [0.1, 0.15) is 0 Å². The van der Waals surface area contributed by atoms with Crippen LogP contribution in [0.25, 0.3) is 0 Å². The van der Waals surface area contributed by atoms with Gasteiger partial charge in [-0.15, -0.1) is 0 Å². The first-order valence-electron chi connectivity index (χ1n) is 6.26. The van der Waals surface area contributed by atoms with Crippen molar-refractivity contribution in [2.75, 3.05) is 26.7 Å². The molecule has 0 aromatic carbocycles. The molecule has 1 fully saturated rings. The Morgan fingerprint density at radius 1 is 1.13 bits per heavy atom. The third-order valence-electron chi connectivity index (χ3n) is 3.11. The maximum atomic E-state index is 11.0. The van der Waals surface area contributed by atoms with Gasteiger partial charge in [0.2, 0.25) is 5.91 Å². The van der Waals surface area contributed by atoms with E-state index >= 15 is 0 Å². The number of nitrogens with one attached hydrogen (secondary N) is 1. The van der Waals surface area contributed by atoms with E-state index in [0.717, 1.165) is 6.42 Å². The molecule has 15 heavy (non-hydrogen) atoms. The number of unbranched alkanes of at least 4 members (excludes halogenated alkanes) is 2. The Bertz CT molecular complexity index is 176. The Morgan fingerprint density at radius 3 is 2.53 bits per heavy atom. The quantitative estimate of drug-likeness (QED) is 0.681. The molecule has 1 saturated heterocycles. The van der Waals surface area contributed by atoms with Crippen LogP contribution < -0.4 is 5.32 Å². The minimum absolute atomic E-state index is 0.174. The number of hydrogen-bond donors (Lipinski definition) is 1. The summed E-state index contributed by atoms with van der Waals surface area (Å²) in [5.41, 5.74) is 0. The highest BCUT2D eigenvalue weighted by Gasteiger charge is 2.08. The van der Waals surface area contributed by atoms with Gasteiger partial charge in [0, 0.05) is 13.5 Å². The maximum Gasteiger partial charge on any atom is 0.219 e. The van der Waals surface area contributed by atoms with Crippen LogP contribution in [0.4, 0.5) is 0 Å². The first-order chi connectivity index (χ1) is 7.33. The summed E-state index contributed by atoms with van der Waals surface area (Å²) in [6.45, 7) is 3.80. The molecule has 88 valence electrons. The minimum Gasteiger partial charge on any atom is -0.359 e. The lowest BCUT2D eigenvalue weighted by atomic mass is 10.1. The van der Waals surface area contributed by atoms with Crippen LogP contribution in [0, 0.1) is 0 Å². The van der Waals surface area contributed by atoms with Crippen LogP contribution in [0.5, 0.6) is 0 Å². The fourth-order valence-electron chi connectivity index (χ4n) is 2.11. The number of hydrogen-bond acceptors (Lipinski definition) is 2. The minimum atomic E-state index is 0.174. The normalized spacial score (nSPS) is 17.7. The molecular weight excluding hydrogens is 188 g/mol. The van der Waals surface area contributed by atoms with Crippen LogP contribution in [-0.4, -0.2) is 37.5 Å². The van der Waals surface area contributed by atoms with E-state index in [1.807, 2.05) is 0 Å². The van der Waals surface area contributed by atoms with Gasteiger partial charge in [-0.05, 0) is 45.3 Å². The molecular formula is C12H24N2O. The number of likely N-dealkylation sites (tertiary alicyclic amines) is 1. The van der Waals surface area contributed by atoms with Crippen molar-refractivity contribution in [3.63, 3.8) is 0 Å². The number of rotatable bonds is 6. The molecule has 1 aliphatic heterocycles. The highest BCUT2D eigenvalue weighted by atomic mass is 16.1. The zero-order valence-corrected chi connectivity index (χ0v) is 9.93. The predicted molar refractivity (Wildman–Crippen MR) is 62.8 cm³/mol. The molecule has 0 aliphatic carbocycles. The van der Waals surface area contributed by atoms with Gasteiger partial charge in [0.25, 0.3) is 0 Å². The molecule has 3 nitrogen and oxygen atoms in total. The van der Waals surface area contributed by atoms with Gasteiger partial charge in [-0.2, -0.15) is 0 Å². The van der Waals surface area contributed by atoms with Gasteiger partial charge in [-0.1, -0.05) is 12.8 Å². The summed E-state index contributed by atoms with van der Waals surface area (Å²) >= 11 is 0. The van der Waals surface area contributed by atoms with Gasteiger partial charge in [-0.3, -0.25) is 4.79 Å². The molecule has 1 N–H and O–H groups in total. The number of carbonyl (C=O) groups is 1. The third kappa shape index (κ3) is 5.78. The Balaban J connectivity index is 1.89. The first kappa shape index (κ1) is 12.5. The molecule has 0 aromatic heterocycles. The van der Waals surface area contributed by atoms with Gasteiger partial charge in [0.05, 0.1) is 0 Å². The van der Waals surface area contributed by atoms with E-state index in [2.05, 4.69) is 10.2 Å². The van der Waals surface area contributed by atoms with E-state index in [4.69, 9.17) is 0 Å². The van der Waals surface area contributed by atoms with Crippen LogP contribution in [-0.2, 0) is 4.79 Å². The Morgan fingerprint density at radius 2 is 1.87 bits per heavy atom. The summed E-state index contributed by atoms with van der Waals surface area (Å²) in [5, 5.41) is 2.66. The van der Waals surface area contributed by atoms with E-state index in [1.165, 1.54) is 51.7 Å². The smallest absolute Gasteiger partial charge is 0.219 e. The summed E-state index contributed by atoms with van der Waals surface area (Å²) in [4.78, 5) is 13.5. The largest absolute Gasteiger partial charge is 0.359 e. The Kier molecular flexibility index (Phi) is 6.41. The number of piperidine rings is 1. The van der Waals surface area contributed by atoms with Gasteiger partial charge >= 0.3 is 0 Å². The van der Waals surface area contributed by atoms with E-state index < -0.39 is 0 Å². The molecule has 1 amide bonds. The summed E-state index contributed by atoms with van der Waals surface area (Å²) in [7, 11) is 1.70. The van der Waals surface area contributed by atoms with Crippen molar-refractivity contribution in [3.8, 4) is 0 Å². The molecule has 1 heterocycles. The second kappa shape index (κ2) is 7.69. The Hall–Kier alpha value is -0.570. The van der Waals surface area contributed by atoms with Crippen molar-refractivity contribution in [3.05, 3.63) is 0 Å². The molecule has 0 radical (unpaired) electrons. The van der Waals surface area contributed by atoms with Crippen molar-refractivity contribution in [1.82, 2.24) is 10.2 Å². The average Bonchev–Trinajstić information content (AvgIpc) is 2.29. The molecule has 0 unspecified atom stereocenters. The standard InChI is InChI=1S/C12H24N2O/c1-13-12(15)8-4-2-5-9-14-10-6-3-7-11-14/h2-11H2,1H3,(H,13,15). The lowest BCUT2D eigenvalue weighted by Gasteiger charge is -2.26. The molecule has 0 bridgehead atoms. The van der Waals surface area contributed by atoms with Crippen LogP contribution in [0.3, 0.4) is 0 Å². The second-order valence-corrected chi connectivity index (χ2v) is 4.39. The summed E-state index contributed by atoms with van der Waals surface area (Å²) in [6.07, 6.45) is 8.31. The fraction of sp³-hybridized carbons (Fsp3) is 0.917. The summed E-state index contributed by atoms with van der Waals surface area (Å²) in [6, 6.07) is 0. The van der Waals surface area contributed by atoms with Gasteiger partial charge in [0.15, 0.2) is 0 Å². The summed E-state index contributed by atoms with van der Waals surface area (Å²) < 4.78 is 0. The fourth-order valence-corrected chi connectivity index (χ4v) is 2.11. The molecule has 0 saturated carbocycles. The lowest BCUT2D eigenvalue weighted by Crippen LogP contribution is -2.30. The predicted octanol–water partition coefficient (Wildman–Crippen LogP) is 1.78. The maximum absolute atomic E-state index is 11.0. The van der Waals surface area contributed by atoms with Crippen molar-refractivity contribution in [2.24, 2.45) is 0 Å². The molecule has 0 atom stereocenters. The monoisotopic (exact) mass is 212 g/mol. The van der Waals surface area contributed by atoms with E-state index in [1.54, 1.807) is 7.05 Å². The number of carbonyl (C=O) groups excluding carboxylic acids is 1. The lowest BCUT2D eigenvalue weighted by molar-refractivity contribution is -0.120. The molecule has 3 heteroatoms. The average molecular weight is 212 g/mol. The van der Waals surface area contributed by atoms with Crippen LogP contribution >= 0.6 is 0 Å². The SMILES string of the molecule is CNC(=O)CCCCCN1CCCCC1. The number of amides is 1. The Labute approximate surface area is 93.2 Å². The first-order valence-corrected chi connectivity index (χ1v) is 6.26. The van der Waals surface area contributed by atoms with Gasteiger partial charge < -0.3 is 10.2 Å². The van der Waals surface area contributed by atoms with Crippen molar-refractivity contribution in [1.29, 1.82) is 0 Å². The van der Waals surface area contributed by atoms with Crippen molar-refractivity contribution >= 4 is 5.91 Å². The molecule has 1 rings (SSSR count). The topological polar surface area (TPSA) is 32.3 Å². The van der Waals surface area contributed by atoms with Crippen LogP contribution in [0.15, 0.2) is 0 Å². The van der Waals surface area contributed by atoms with E-state index in [-0.39, 0.29) is 5.91 Å². The van der Waals surface area contributed by atoms with E-state index in [0.29, 0.717) is 6.42 Å². The van der Waals surface area contributed by atoms with Gasteiger partial charge in [-0.25, -0.2) is 0 Å². The summed E-state index contributed by atoms with van der Waals surface area (Å²) in [5.74, 6) is 0.174. The molecule has 1 aliphatic rings. The van der Waals surface area contributed by atoms with E-state index in [9.17, 15) is 4.79 Å². The highest BCUT2D eigenvalue weighted by Crippen LogP contribution is 2.10. The zero-order valence-electron chi connectivity index (χ0n) is 9.93. The van der Waals surface area contributed by atoms with Crippen LogP contribution in [0.2, 0.25) is 0 Å². The second-order valence-electron chi connectivity index (χ2n) is 4.39. The van der Waals surface area contributed by atoms with Crippen LogP contribution in [0.1, 0.15) is 44.9 Å². The molecule has 0 aromatic rings. The zero-order chi connectivity index (χ0) is 10.9.